The van der Waals surface area contributed by atoms with Crippen molar-refractivity contribution in [2.45, 2.75) is 33.8 Å². The second kappa shape index (κ2) is 5.85. The summed E-state index contributed by atoms with van der Waals surface area (Å²) in [6, 6.07) is 0. The van der Waals surface area contributed by atoms with Crippen LogP contribution in [0.3, 0.4) is 0 Å². The Hall–Kier alpha value is -1.09. The van der Waals surface area contributed by atoms with Crippen molar-refractivity contribution in [2.24, 2.45) is 10.9 Å². The smallest absolute Gasteiger partial charge is 0.122 e. The van der Waals surface area contributed by atoms with Crippen molar-refractivity contribution in [1.82, 2.24) is 0 Å². The Morgan fingerprint density at radius 2 is 2.12 bits per heavy atom. The van der Waals surface area contributed by atoms with Gasteiger partial charge in [0.25, 0.3) is 0 Å². The summed E-state index contributed by atoms with van der Waals surface area (Å²) in [5.74, 6) is 1.19. The minimum absolute atomic E-state index is 0.0557. The van der Waals surface area contributed by atoms with E-state index in [1.807, 2.05) is 20.0 Å². The maximum atomic E-state index is 5.83. The maximum Gasteiger partial charge on any atom is 0.122 e. The molecule has 0 saturated heterocycles. The molecule has 1 heterocycles. The predicted octanol–water partition coefficient (Wildman–Crippen LogP) is 2.94. The monoisotopic (exact) mass is 223 g/mol. The van der Waals surface area contributed by atoms with Gasteiger partial charge >= 0.3 is 0 Å². The molecule has 2 atom stereocenters. The highest BCUT2D eigenvalue weighted by Crippen LogP contribution is 2.24. The molecule has 0 aromatic carbocycles. The van der Waals surface area contributed by atoms with Crippen LogP contribution >= 0.6 is 0 Å². The van der Waals surface area contributed by atoms with Gasteiger partial charge in [0.2, 0.25) is 0 Å². The quantitative estimate of drug-likeness (QED) is 0.733. The van der Waals surface area contributed by atoms with Gasteiger partial charge in [0.05, 0.1) is 12.8 Å². The first-order chi connectivity index (χ1) is 7.54. The summed E-state index contributed by atoms with van der Waals surface area (Å²) >= 11 is 0. The van der Waals surface area contributed by atoms with Crippen LogP contribution in [-0.2, 0) is 9.47 Å². The van der Waals surface area contributed by atoms with E-state index in [0.717, 1.165) is 11.5 Å². The fraction of sp³-hybridized carbons (Fsp3) is 0.615. The fourth-order valence-electron chi connectivity index (χ4n) is 1.63. The van der Waals surface area contributed by atoms with Crippen molar-refractivity contribution < 1.29 is 9.47 Å². The van der Waals surface area contributed by atoms with E-state index in [1.54, 1.807) is 7.11 Å². The van der Waals surface area contributed by atoms with E-state index in [0.29, 0.717) is 6.61 Å². The third kappa shape index (κ3) is 3.49. The Bertz CT molecular complexity index is 329. The Labute approximate surface area is 97.9 Å². The highest BCUT2D eigenvalue weighted by molar-refractivity contribution is 5.94. The van der Waals surface area contributed by atoms with E-state index >= 15 is 0 Å². The van der Waals surface area contributed by atoms with E-state index in [9.17, 15) is 0 Å². The fourth-order valence-corrected chi connectivity index (χ4v) is 1.63. The van der Waals surface area contributed by atoms with Crippen LogP contribution in [0.2, 0.25) is 0 Å². The number of hydrogen-bond donors (Lipinski definition) is 0. The maximum absolute atomic E-state index is 5.83. The number of ether oxygens (including phenoxy) is 2. The molecule has 1 aliphatic rings. The third-order valence-corrected chi connectivity index (χ3v) is 2.68. The largest absolute Gasteiger partial charge is 0.490 e. The van der Waals surface area contributed by atoms with Crippen LogP contribution in [0, 0.1) is 5.92 Å². The van der Waals surface area contributed by atoms with Crippen molar-refractivity contribution in [1.29, 1.82) is 0 Å². The van der Waals surface area contributed by atoms with Crippen molar-refractivity contribution in [3.05, 3.63) is 23.6 Å². The summed E-state index contributed by atoms with van der Waals surface area (Å²) in [4.78, 5) is 4.33. The van der Waals surface area contributed by atoms with Crippen molar-refractivity contribution in [3.8, 4) is 0 Å². The first kappa shape index (κ1) is 13.0. The van der Waals surface area contributed by atoms with E-state index in [-0.39, 0.29) is 12.0 Å². The number of methoxy groups -OCH3 is 1. The highest BCUT2D eigenvalue weighted by Gasteiger charge is 2.17. The topological polar surface area (TPSA) is 30.8 Å². The Morgan fingerprint density at radius 3 is 2.75 bits per heavy atom. The second-order valence-corrected chi connectivity index (χ2v) is 4.30. The lowest BCUT2D eigenvalue weighted by Crippen LogP contribution is -2.17. The van der Waals surface area contributed by atoms with E-state index in [1.165, 1.54) is 5.57 Å². The molecule has 1 rings (SSSR count). The zero-order valence-electron chi connectivity index (χ0n) is 10.8. The second-order valence-electron chi connectivity index (χ2n) is 4.30. The Balaban J connectivity index is 2.76. The van der Waals surface area contributed by atoms with E-state index < -0.39 is 0 Å². The Morgan fingerprint density at radius 1 is 1.44 bits per heavy atom. The highest BCUT2D eigenvalue weighted by atomic mass is 16.5. The van der Waals surface area contributed by atoms with Crippen LogP contribution in [0.15, 0.2) is 28.6 Å². The lowest BCUT2D eigenvalue weighted by molar-refractivity contribution is 0.0397. The number of allylic oxidation sites excluding steroid dienone is 2. The molecule has 1 aliphatic heterocycles. The molecule has 16 heavy (non-hydrogen) atoms. The minimum atomic E-state index is 0.0557. The van der Waals surface area contributed by atoms with Crippen molar-refractivity contribution in [3.63, 3.8) is 0 Å². The van der Waals surface area contributed by atoms with Crippen LogP contribution in [0.4, 0.5) is 0 Å². The van der Waals surface area contributed by atoms with E-state index in [4.69, 9.17) is 9.47 Å². The van der Waals surface area contributed by atoms with Gasteiger partial charge in [-0.05, 0) is 26.8 Å². The summed E-state index contributed by atoms with van der Waals surface area (Å²) in [5, 5.41) is 0. The molecule has 0 aromatic heterocycles. The Kier molecular flexibility index (Phi) is 4.74. The average molecular weight is 223 g/mol. The third-order valence-electron chi connectivity index (χ3n) is 2.68. The SMILES string of the molecule is COC[C@H](C)OC1=CN=C(C)C=C(C)C1C. The summed E-state index contributed by atoms with van der Waals surface area (Å²) < 4.78 is 10.9. The van der Waals surface area contributed by atoms with Gasteiger partial charge in [0.1, 0.15) is 11.9 Å². The van der Waals surface area contributed by atoms with Gasteiger partial charge in [-0.3, -0.25) is 4.99 Å². The molecule has 0 N–H and O–H groups in total. The van der Waals surface area contributed by atoms with Gasteiger partial charge in [-0.25, -0.2) is 0 Å². The van der Waals surface area contributed by atoms with Gasteiger partial charge < -0.3 is 9.47 Å². The molecular weight excluding hydrogens is 202 g/mol. The molecule has 0 aromatic rings. The molecule has 0 saturated carbocycles. The molecule has 3 heteroatoms. The summed E-state index contributed by atoms with van der Waals surface area (Å²) in [5.41, 5.74) is 2.29. The molecule has 0 radical (unpaired) electrons. The van der Waals surface area contributed by atoms with Crippen LogP contribution in [0.5, 0.6) is 0 Å². The average Bonchev–Trinajstić information content (AvgIpc) is 2.32. The molecule has 3 nitrogen and oxygen atoms in total. The number of nitrogens with zero attached hydrogens (tertiary/aromatic N) is 1. The van der Waals surface area contributed by atoms with E-state index in [2.05, 4.69) is 24.9 Å². The first-order valence-electron chi connectivity index (χ1n) is 5.62. The number of hydrogen-bond acceptors (Lipinski definition) is 3. The zero-order valence-corrected chi connectivity index (χ0v) is 10.8. The van der Waals surface area contributed by atoms with Crippen molar-refractivity contribution in [2.75, 3.05) is 13.7 Å². The summed E-state index contributed by atoms with van der Waals surface area (Å²) in [6.45, 7) is 8.82. The standard InChI is InChI=1S/C13H21NO2/c1-9-6-10(2)14-7-13(12(9)4)16-11(3)8-15-5/h6-7,11-12H,8H2,1-5H3/t11-,12?/m0/s1. The molecule has 0 amide bonds. The van der Waals surface area contributed by atoms with Crippen LogP contribution < -0.4 is 0 Å². The molecular formula is C13H21NO2. The van der Waals surface area contributed by atoms with Crippen LogP contribution in [0.1, 0.15) is 27.7 Å². The van der Waals surface area contributed by atoms with Crippen molar-refractivity contribution >= 4 is 5.71 Å². The normalized spacial score (nSPS) is 22.8. The lowest BCUT2D eigenvalue weighted by Gasteiger charge is -2.20. The lowest BCUT2D eigenvalue weighted by atomic mass is 10.0. The van der Waals surface area contributed by atoms with Crippen LogP contribution in [-0.4, -0.2) is 25.5 Å². The molecule has 90 valence electrons. The predicted molar refractivity (Wildman–Crippen MR) is 66.5 cm³/mol. The zero-order chi connectivity index (χ0) is 12.1. The molecule has 0 fully saturated rings. The van der Waals surface area contributed by atoms with Gasteiger partial charge in [0.15, 0.2) is 0 Å². The minimum Gasteiger partial charge on any atom is -0.490 e. The molecule has 0 aliphatic carbocycles. The van der Waals surface area contributed by atoms with Gasteiger partial charge in [-0.15, -0.1) is 0 Å². The summed E-state index contributed by atoms with van der Waals surface area (Å²) in [6.07, 6.45) is 3.97. The van der Waals surface area contributed by atoms with Crippen LogP contribution in [0.25, 0.3) is 0 Å². The first-order valence-corrected chi connectivity index (χ1v) is 5.62. The molecule has 0 bridgehead atoms. The molecule has 1 unspecified atom stereocenters. The van der Waals surface area contributed by atoms with Gasteiger partial charge in [-0.1, -0.05) is 12.5 Å². The summed E-state index contributed by atoms with van der Waals surface area (Å²) in [7, 11) is 1.68. The van der Waals surface area contributed by atoms with Gasteiger partial charge in [0, 0.05) is 18.7 Å². The number of aliphatic imine (C=N–C) groups is 1. The number of rotatable bonds is 4. The molecule has 0 spiro atoms. The van der Waals surface area contributed by atoms with Gasteiger partial charge in [-0.2, -0.15) is 0 Å².